The Morgan fingerprint density at radius 3 is 2.66 bits per heavy atom. The maximum absolute atomic E-state index is 13.0. The molecule has 1 aromatic heterocycles. The highest BCUT2D eigenvalue weighted by atomic mass is 16.5. The number of carbonyl (C=O) groups is 2. The van der Waals surface area contributed by atoms with Gasteiger partial charge in [-0.1, -0.05) is 0 Å². The van der Waals surface area contributed by atoms with Crippen LogP contribution >= 0.6 is 0 Å². The lowest BCUT2D eigenvalue weighted by Crippen LogP contribution is -2.32. The summed E-state index contributed by atoms with van der Waals surface area (Å²) < 4.78 is 5.43. The van der Waals surface area contributed by atoms with Crippen LogP contribution in [0.4, 0.5) is 17.2 Å². The van der Waals surface area contributed by atoms with Gasteiger partial charge in [0.05, 0.1) is 18.4 Å². The lowest BCUT2D eigenvalue weighted by molar-refractivity contribution is -0.117. The minimum atomic E-state index is -0.206. The monoisotopic (exact) mass is 394 g/mol. The highest BCUT2D eigenvalue weighted by Gasteiger charge is 2.25. The van der Waals surface area contributed by atoms with E-state index >= 15 is 0 Å². The fourth-order valence-electron chi connectivity index (χ4n) is 4.01. The zero-order chi connectivity index (χ0) is 20.2. The minimum Gasteiger partial charge on any atom is -0.495 e. The van der Waals surface area contributed by atoms with E-state index in [1.807, 2.05) is 0 Å². The molecule has 7 nitrogen and oxygen atoms in total. The number of amides is 2. The standard InChI is InChI=1S/C22H26N4O3/c1-29-19-10-9-16(15-18(19)26-14-6-8-20(26)27)24-22(28)17-7-5-11-23-21(17)25-12-3-2-4-13-25/h5,7,9-11,15H,2-4,6,8,12-14H2,1H3,(H,24,28). The number of nitrogens with one attached hydrogen (secondary N) is 1. The normalized spacial score (nSPS) is 16.8. The molecule has 2 fully saturated rings. The van der Waals surface area contributed by atoms with E-state index in [2.05, 4.69) is 15.2 Å². The van der Waals surface area contributed by atoms with E-state index in [4.69, 9.17) is 4.74 Å². The van der Waals surface area contributed by atoms with Gasteiger partial charge in [-0.25, -0.2) is 4.98 Å². The smallest absolute Gasteiger partial charge is 0.259 e. The first kappa shape index (κ1) is 19.2. The van der Waals surface area contributed by atoms with Crippen LogP contribution in [0.3, 0.4) is 0 Å². The SMILES string of the molecule is COc1ccc(NC(=O)c2cccnc2N2CCCCC2)cc1N1CCCC1=O. The third-order valence-corrected chi connectivity index (χ3v) is 5.49. The van der Waals surface area contributed by atoms with Gasteiger partial charge in [0.15, 0.2) is 0 Å². The Kier molecular flexibility index (Phi) is 5.64. The van der Waals surface area contributed by atoms with Crippen molar-refractivity contribution >= 4 is 29.0 Å². The van der Waals surface area contributed by atoms with Crippen LogP contribution in [0, 0.1) is 0 Å². The highest BCUT2D eigenvalue weighted by molar-refractivity contribution is 6.08. The summed E-state index contributed by atoms with van der Waals surface area (Å²) in [5.74, 6) is 1.22. The molecule has 152 valence electrons. The molecule has 0 spiro atoms. The summed E-state index contributed by atoms with van der Waals surface area (Å²) in [4.78, 5) is 33.6. The molecule has 0 atom stereocenters. The number of nitrogens with zero attached hydrogens (tertiary/aromatic N) is 3. The van der Waals surface area contributed by atoms with Crippen LogP contribution in [0.15, 0.2) is 36.5 Å². The van der Waals surface area contributed by atoms with Gasteiger partial charge in [0.25, 0.3) is 5.91 Å². The quantitative estimate of drug-likeness (QED) is 0.841. The van der Waals surface area contributed by atoms with E-state index in [0.29, 0.717) is 35.7 Å². The maximum Gasteiger partial charge on any atom is 0.259 e. The van der Waals surface area contributed by atoms with Crippen molar-refractivity contribution in [2.45, 2.75) is 32.1 Å². The zero-order valence-corrected chi connectivity index (χ0v) is 16.7. The Morgan fingerprint density at radius 2 is 1.93 bits per heavy atom. The van der Waals surface area contributed by atoms with Crippen molar-refractivity contribution in [3.05, 3.63) is 42.1 Å². The molecule has 2 aliphatic rings. The number of carbonyl (C=O) groups excluding carboxylic acids is 2. The lowest BCUT2D eigenvalue weighted by atomic mass is 10.1. The first-order valence-electron chi connectivity index (χ1n) is 10.2. The van der Waals surface area contributed by atoms with Crippen LogP contribution in [-0.4, -0.2) is 43.5 Å². The Labute approximate surface area is 170 Å². The summed E-state index contributed by atoms with van der Waals surface area (Å²) in [6, 6.07) is 8.96. The average molecular weight is 394 g/mol. The lowest BCUT2D eigenvalue weighted by Gasteiger charge is -2.29. The zero-order valence-electron chi connectivity index (χ0n) is 16.7. The number of rotatable bonds is 5. The molecule has 2 saturated heterocycles. The molecule has 2 amide bonds. The number of methoxy groups -OCH3 is 1. The summed E-state index contributed by atoms with van der Waals surface area (Å²) in [6.45, 7) is 2.50. The summed E-state index contributed by atoms with van der Waals surface area (Å²) in [7, 11) is 1.58. The molecule has 7 heteroatoms. The molecule has 0 saturated carbocycles. The predicted molar refractivity (Wildman–Crippen MR) is 113 cm³/mol. The van der Waals surface area contributed by atoms with Gasteiger partial charge in [-0.05, 0) is 56.0 Å². The van der Waals surface area contributed by atoms with E-state index in [1.54, 1.807) is 48.5 Å². The molecular formula is C22H26N4O3. The highest BCUT2D eigenvalue weighted by Crippen LogP contribution is 2.34. The largest absolute Gasteiger partial charge is 0.495 e. The van der Waals surface area contributed by atoms with Gasteiger partial charge in [0, 0.05) is 37.9 Å². The third-order valence-electron chi connectivity index (χ3n) is 5.49. The Balaban J connectivity index is 1.58. The van der Waals surface area contributed by atoms with Gasteiger partial charge < -0.3 is 19.9 Å². The number of hydrogen-bond acceptors (Lipinski definition) is 5. The first-order chi connectivity index (χ1) is 14.2. The van der Waals surface area contributed by atoms with Crippen LogP contribution in [0.2, 0.25) is 0 Å². The van der Waals surface area contributed by atoms with Gasteiger partial charge in [-0.3, -0.25) is 9.59 Å². The number of pyridine rings is 1. The molecular weight excluding hydrogens is 368 g/mol. The van der Waals surface area contributed by atoms with Crippen molar-refractivity contribution in [2.24, 2.45) is 0 Å². The second-order valence-corrected chi connectivity index (χ2v) is 7.41. The maximum atomic E-state index is 13.0. The number of benzene rings is 1. The van der Waals surface area contributed by atoms with Gasteiger partial charge in [0.2, 0.25) is 5.91 Å². The van der Waals surface area contributed by atoms with E-state index in [1.165, 1.54) is 6.42 Å². The van der Waals surface area contributed by atoms with Crippen LogP contribution in [-0.2, 0) is 4.79 Å². The van der Waals surface area contributed by atoms with E-state index in [0.717, 1.165) is 38.2 Å². The first-order valence-corrected chi connectivity index (χ1v) is 10.2. The molecule has 0 bridgehead atoms. The van der Waals surface area contributed by atoms with Crippen molar-refractivity contribution in [3.8, 4) is 5.75 Å². The molecule has 29 heavy (non-hydrogen) atoms. The number of piperidine rings is 1. The number of hydrogen-bond donors (Lipinski definition) is 1. The fourth-order valence-corrected chi connectivity index (χ4v) is 4.01. The summed E-state index contributed by atoms with van der Waals surface area (Å²) in [6.07, 6.45) is 6.54. The number of ether oxygens (including phenoxy) is 1. The van der Waals surface area contributed by atoms with Gasteiger partial charge in [-0.2, -0.15) is 0 Å². The summed E-state index contributed by atoms with van der Waals surface area (Å²) in [5.41, 5.74) is 1.87. The molecule has 2 aromatic rings. The molecule has 1 N–H and O–H groups in total. The van der Waals surface area contributed by atoms with Crippen molar-refractivity contribution in [3.63, 3.8) is 0 Å². The van der Waals surface area contributed by atoms with Crippen molar-refractivity contribution in [1.82, 2.24) is 4.98 Å². The van der Waals surface area contributed by atoms with E-state index < -0.39 is 0 Å². The topological polar surface area (TPSA) is 74.8 Å². The average Bonchev–Trinajstić information content (AvgIpc) is 3.20. The van der Waals surface area contributed by atoms with Crippen LogP contribution in [0.25, 0.3) is 0 Å². The predicted octanol–water partition coefficient (Wildman–Crippen LogP) is 3.46. The van der Waals surface area contributed by atoms with Crippen LogP contribution < -0.4 is 19.9 Å². The molecule has 0 radical (unpaired) electrons. The van der Waals surface area contributed by atoms with Crippen LogP contribution in [0.1, 0.15) is 42.5 Å². The van der Waals surface area contributed by atoms with Gasteiger partial charge in [-0.15, -0.1) is 0 Å². The Bertz CT molecular complexity index is 909. The Morgan fingerprint density at radius 1 is 1.10 bits per heavy atom. The van der Waals surface area contributed by atoms with Crippen molar-refractivity contribution in [2.75, 3.05) is 41.9 Å². The van der Waals surface area contributed by atoms with Crippen LogP contribution in [0.5, 0.6) is 5.75 Å². The molecule has 4 rings (SSSR count). The minimum absolute atomic E-state index is 0.0754. The fraction of sp³-hybridized carbons (Fsp3) is 0.409. The molecule has 1 aromatic carbocycles. The summed E-state index contributed by atoms with van der Waals surface area (Å²) >= 11 is 0. The van der Waals surface area contributed by atoms with Gasteiger partial charge in [0.1, 0.15) is 11.6 Å². The van der Waals surface area contributed by atoms with Crippen molar-refractivity contribution < 1.29 is 14.3 Å². The molecule has 2 aliphatic heterocycles. The number of aromatic nitrogens is 1. The number of anilines is 3. The molecule has 0 unspecified atom stereocenters. The molecule has 3 heterocycles. The second-order valence-electron chi connectivity index (χ2n) is 7.41. The third kappa shape index (κ3) is 4.04. The van der Waals surface area contributed by atoms with E-state index in [9.17, 15) is 9.59 Å². The van der Waals surface area contributed by atoms with Crippen molar-refractivity contribution in [1.29, 1.82) is 0 Å². The second kappa shape index (κ2) is 8.51. The van der Waals surface area contributed by atoms with E-state index in [-0.39, 0.29) is 11.8 Å². The summed E-state index contributed by atoms with van der Waals surface area (Å²) in [5, 5.41) is 2.97. The Hall–Kier alpha value is -3.09. The molecule has 0 aliphatic carbocycles. The van der Waals surface area contributed by atoms with Gasteiger partial charge >= 0.3 is 0 Å².